The van der Waals surface area contributed by atoms with Crippen LogP contribution in [0.4, 0.5) is 0 Å². The quantitative estimate of drug-likeness (QED) is 0.353. The summed E-state index contributed by atoms with van der Waals surface area (Å²) in [5, 5.41) is 37.1. The Hall–Kier alpha value is -0.420. The Morgan fingerprint density at radius 2 is 1.96 bits per heavy atom. The van der Waals surface area contributed by atoms with Gasteiger partial charge in [0.2, 0.25) is 5.91 Å². The van der Waals surface area contributed by atoms with E-state index in [1.54, 1.807) is 13.3 Å². The van der Waals surface area contributed by atoms with Crippen LogP contribution in [-0.4, -0.2) is 101 Å². The van der Waals surface area contributed by atoms with Gasteiger partial charge in [0, 0.05) is 12.6 Å². The number of likely N-dealkylation sites (N-methyl/N-ethyl adjacent to an activating group) is 2. The second-order valence-electron chi connectivity index (χ2n) is 8.13. The summed E-state index contributed by atoms with van der Waals surface area (Å²) in [7, 11) is 3.74. The molecule has 0 spiro atoms. The summed E-state index contributed by atoms with van der Waals surface area (Å²) in [5.41, 5.74) is -0.671. The van der Waals surface area contributed by atoms with E-state index in [-0.39, 0.29) is 18.0 Å². The van der Waals surface area contributed by atoms with Crippen molar-refractivity contribution in [2.24, 2.45) is 5.92 Å². The Labute approximate surface area is 172 Å². The number of hydrogen-bond acceptors (Lipinski definition) is 8. The highest BCUT2D eigenvalue weighted by Crippen LogP contribution is 2.30. The van der Waals surface area contributed by atoms with Crippen LogP contribution in [0.5, 0.6) is 0 Å². The highest BCUT2D eigenvalue weighted by atomic mass is 32.2. The van der Waals surface area contributed by atoms with Gasteiger partial charge in [-0.05, 0) is 46.0 Å². The lowest BCUT2D eigenvalue weighted by molar-refractivity contribution is -0.206. The molecular weight excluding hydrogens is 382 g/mol. The number of thioether (sulfide) groups is 1. The molecule has 8 nitrogen and oxygen atoms in total. The van der Waals surface area contributed by atoms with Crippen molar-refractivity contribution < 1.29 is 24.9 Å². The number of carbonyl (C=O) groups excluding carboxylic acids is 1. The van der Waals surface area contributed by atoms with Crippen LogP contribution in [0.2, 0.25) is 0 Å². The Balaban J connectivity index is 2.14. The van der Waals surface area contributed by atoms with Crippen molar-refractivity contribution in [2.45, 2.75) is 81.1 Å². The average Bonchev–Trinajstić information content (AvgIpc) is 3.05. The predicted molar refractivity (Wildman–Crippen MR) is 110 cm³/mol. The molecule has 2 heterocycles. The maximum atomic E-state index is 13.0. The third-order valence-electron chi connectivity index (χ3n) is 6.13. The molecular formula is C19H37N3O5S. The molecule has 5 N–H and O–H groups in total. The van der Waals surface area contributed by atoms with Gasteiger partial charge in [0.1, 0.15) is 29.9 Å². The standard InChI is InChI=1S/C19H37N3O5S/c1-6-7-11-8-12(22(4)9-11)18(26)21-13(10(2)20-3)17-15(24)14(23)16(25)19(27-17)28-5/h10-17,19-20,23-25H,6-9H2,1-5H3,(H,21,26)/t10-,11+,12-,13+,14+,15?,16+,17+,19?/m0/s1. The third kappa shape index (κ3) is 5.19. The summed E-state index contributed by atoms with van der Waals surface area (Å²) < 4.78 is 5.90. The molecule has 0 aliphatic carbocycles. The lowest BCUT2D eigenvalue weighted by atomic mass is 9.91. The number of aliphatic hydroxyl groups is 3. The fraction of sp³-hybridized carbons (Fsp3) is 0.947. The molecule has 9 atom stereocenters. The Kier molecular flexibility index (Phi) is 9.00. The largest absolute Gasteiger partial charge is 0.388 e. The van der Waals surface area contributed by atoms with Crippen molar-refractivity contribution in [1.29, 1.82) is 0 Å². The van der Waals surface area contributed by atoms with Crippen molar-refractivity contribution >= 4 is 17.7 Å². The Bertz CT molecular complexity index is 512. The van der Waals surface area contributed by atoms with Crippen molar-refractivity contribution in [1.82, 2.24) is 15.5 Å². The zero-order valence-electron chi connectivity index (χ0n) is 17.5. The maximum Gasteiger partial charge on any atom is 0.237 e. The molecule has 9 heteroatoms. The first-order chi connectivity index (χ1) is 13.2. The van der Waals surface area contributed by atoms with E-state index in [1.807, 2.05) is 14.0 Å². The van der Waals surface area contributed by atoms with Gasteiger partial charge >= 0.3 is 0 Å². The summed E-state index contributed by atoms with van der Waals surface area (Å²) in [4.78, 5) is 15.1. The zero-order chi connectivity index (χ0) is 21.0. The van der Waals surface area contributed by atoms with E-state index >= 15 is 0 Å². The van der Waals surface area contributed by atoms with Crippen molar-refractivity contribution in [3.63, 3.8) is 0 Å². The fourth-order valence-electron chi connectivity index (χ4n) is 4.33. The highest BCUT2D eigenvalue weighted by Gasteiger charge is 2.48. The van der Waals surface area contributed by atoms with Gasteiger partial charge in [-0.15, -0.1) is 11.8 Å². The first-order valence-corrected chi connectivity index (χ1v) is 11.4. The zero-order valence-corrected chi connectivity index (χ0v) is 18.4. The third-order valence-corrected chi connectivity index (χ3v) is 6.98. The topological polar surface area (TPSA) is 114 Å². The molecule has 0 bridgehead atoms. The number of likely N-dealkylation sites (tertiary alicyclic amines) is 1. The van der Waals surface area contributed by atoms with E-state index in [9.17, 15) is 20.1 Å². The normalized spacial score (nSPS) is 38.9. The smallest absolute Gasteiger partial charge is 0.237 e. The number of nitrogens with zero attached hydrogens (tertiary/aromatic N) is 1. The Morgan fingerprint density at radius 1 is 1.29 bits per heavy atom. The van der Waals surface area contributed by atoms with E-state index in [1.165, 1.54) is 11.8 Å². The van der Waals surface area contributed by atoms with Crippen LogP contribution in [0.1, 0.15) is 33.1 Å². The number of ether oxygens (including phenoxy) is 1. The number of rotatable bonds is 8. The van der Waals surface area contributed by atoms with E-state index in [0.29, 0.717) is 5.92 Å². The number of aliphatic hydroxyl groups excluding tert-OH is 3. The van der Waals surface area contributed by atoms with Gasteiger partial charge < -0.3 is 30.7 Å². The van der Waals surface area contributed by atoms with Crippen LogP contribution in [0.25, 0.3) is 0 Å². The van der Waals surface area contributed by atoms with Gasteiger partial charge in [-0.25, -0.2) is 0 Å². The molecule has 2 aliphatic rings. The SMILES string of the molecule is CCC[C@@H]1C[C@@H](C(=O)N[C@H]([C@H](C)NC)[C@H]2OC(SC)[C@H](O)[C@H](O)C2O)N(C)C1. The summed E-state index contributed by atoms with van der Waals surface area (Å²) in [6.45, 7) is 4.95. The second-order valence-corrected chi connectivity index (χ2v) is 9.07. The second kappa shape index (κ2) is 10.6. The molecule has 0 saturated carbocycles. The van der Waals surface area contributed by atoms with Crippen molar-refractivity contribution in [2.75, 3.05) is 26.9 Å². The first kappa shape index (κ1) is 23.9. The number of nitrogens with one attached hydrogen (secondary N) is 2. The summed E-state index contributed by atoms with van der Waals surface area (Å²) in [6, 6.07) is -0.967. The summed E-state index contributed by atoms with van der Waals surface area (Å²) in [5.74, 6) is 0.422. The van der Waals surface area contributed by atoms with Crippen LogP contribution in [0, 0.1) is 5.92 Å². The lowest BCUT2D eigenvalue weighted by Crippen LogP contribution is -2.67. The maximum absolute atomic E-state index is 13.0. The number of carbonyl (C=O) groups is 1. The molecule has 0 aromatic rings. The van der Waals surface area contributed by atoms with Crippen LogP contribution >= 0.6 is 11.8 Å². The fourth-order valence-corrected chi connectivity index (χ4v) is 5.01. The molecule has 2 unspecified atom stereocenters. The predicted octanol–water partition coefficient (Wildman–Crippen LogP) is -0.630. The van der Waals surface area contributed by atoms with E-state index in [2.05, 4.69) is 22.5 Å². The van der Waals surface area contributed by atoms with Crippen molar-refractivity contribution in [3.05, 3.63) is 0 Å². The van der Waals surface area contributed by atoms with Gasteiger partial charge in [0.05, 0.1) is 12.1 Å². The van der Waals surface area contributed by atoms with E-state index < -0.39 is 35.9 Å². The van der Waals surface area contributed by atoms with Gasteiger partial charge in [0.25, 0.3) is 0 Å². The molecule has 2 saturated heterocycles. The first-order valence-electron chi connectivity index (χ1n) is 10.1. The van der Waals surface area contributed by atoms with Crippen LogP contribution in [0.3, 0.4) is 0 Å². The van der Waals surface area contributed by atoms with Gasteiger partial charge in [-0.1, -0.05) is 13.3 Å². The van der Waals surface area contributed by atoms with E-state index in [4.69, 9.17) is 4.74 Å². The van der Waals surface area contributed by atoms with Crippen molar-refractivity contribution in [3.8, 4) is 0 Å². The van der Waals surface area contributed by atoms with Gasteiger partial charge in [-0.3, -0.25) is 9.69 Å². The minimum Gasteiger partial charge on any atom is -0.388 e. The highest BCUT2D eigenvalue weighted by molar-refractivity contribution is 7.99. The molecule has 1 amide bonds. The molecule has 2 fully saturated rings. The molecule has 0 radical (unpaired) electrons. The van der Waals surface area contributed by atoms with Gasteiger partial charge in [-0.2, -0.15) is 0 Å². The van der Waals surface area contributed by atoms with Crippen LogP contribution < -0.4 is 10.6 Å². The minimum atomic E-state index is -1.33. The average molecular weight is 420 g/mol. The van der Waals surface area contributed by atoms with Crippen LogP contribution in [0.15, 0.2) is 0 Å². The summed E-state index contributed by atoms with van der Waals surface area (Å²) >= 11 is 1.27. The number of hydrogen-bond donors (Lipinski definition) is 5. The number of amides is 1. The lowest BCUT2D eigenvalue weighted by Gasteiger charge is -2.44. The molecule has 0 aromatic carbocycles. The molecule has 2 rings (SSSR count). The monoisotopic (exact) mass is 419 g/mol. The molecule has 28 heavy (non-hydrogen) atoms. The minimum absolute atomic E-state index is 0.0923. The molecule has 164 valence electrons. The summed E-state index contributed by atoms with van der Waals surface area (Å²) in [6.07, 6.45) is 0.153. The van der Waals surface area contributed by atoms with E-state index in [0.717, 1.165) is 25.8 Å². The Morgan fingerprint density at radius 3 is 2.54 bits per heavy atom. The molecule has 0 aromatic heterocycles. The van der Waals surface area contributed by atoms with Gasteiger partial charge in [0.15, 0.2) is 0 Å². The molecule has 2 aliphatic heterocycles. The van der Waals surface area contributed by atoms with Crippen LogP contribution in [-0.2, 0) is 9.53 Å².